The molecule has 0 atom stereocenters. The summed E-state index contributed by atoms with van der Waals surface area (Å²) in [6, 6.07) is 9.73. The summed E-state index contributed by atoms with van der Waals surface area (Å²) in [5, 5.41) is 0. The van der Waals surface area contributed by atoms with Gasteiger partial charge in [-0.3, -0.25) is 0 Å². The van der Waals surface area contributed by atoms with Crippen molar-refractivity contribution in [2.45, 2.75) is 6.36 Å². The number of benzene rings is 3. The second-order valence-corrected chi connectivity index (χ2v) is 5.77. The van der Waals surface area contributed by atoms with E-state index in [1.165, 1.54) is 24.3 Å². The molecule has 3 aromatic carbocycles. The molecule has 0 bridgehead atoms. The van der Waals surface area contributed by atoms with E-state index >= 15 is 0 Å². The molecule has 3 rings (SSSR count). The molecule has 0 aromatic heterocycles. The molecule has 0 aliphatic heterocycles. The van der Waals surface area contributed by atoms with E-state index in [1.54, 1.807) is 0 Å². The van der Waals surface area contributed by atoms with Gasteiger partial charge in [-0.2, -0.15) is 0 Å². The molecule has 0 N–H and O–H groups in total. The van der Waals surface area contributed by atoms with Gasteiger partial charge < -0.3 is 4.74 Å². The number of ether oxygens (including phenoxy) is 1. The average Bonchev–Trinajstić information content (AvgIpc) is 2.64. The molecular weight excluding hydrogens is 401 g/mol. The van der Waals surface area contributed by atoms with Crippen molar-refractivity contribution >= 4 is 0 Å². The standard InChI is InChI=1S/C21H9F7O/c22-17-9-13(2-1-12-3-6-15(7-4-12)29-21(26,27)28)5-8-16(17)14-10-18(23)20(25)19(24)11-14/h3-11H. The van der Waals surface area contributed by atoms with Crippen LogP contribution in [-0.2, 0) is 0 Å². The predicted octanol–water partition coefficient (Wildman–Crippen LogP) is 6.21. The van der Waals surface area contributed by atoms with Crippen molar-refractivity contribution < 1.29 is 35.5 Å². The van der Waals surface area contributed by atoms with E-state index in [0.717, 1.165) is 18.2 Å². The molecule has 0 heterocycles. The Morgan fingerprint density at radius 1 is 0.655 bits per heavy atom. The fourth-order valence-electron chi connectivity index (χ4n) is 2.42. The third-order valence-electron chi connectivity index (χ3n) is 3.70. The number of hydrogen-bond donors (Lipinski definition) is 0. The lowest BCUT2D eigenvalue weighted by Gasteiger charge is -2.08. The molecule has 0 saturated heterocycles. The summed E-state index contributed by atoms with van der Waals surface area (Å²) in [7, 11) is 0. The van der Waals surface area contributed by atoms with Crippen LogP contribution in [0.5, 0.6) is 5.75 Å². The summed E-state index contributed by atoms with van der Waals surface area (Å²) >= 11 is 0. The lowest BCUT2D eigenvalue weighted by Crippen LogP contribution is -2.16. The molecule has 148 valence electrons. The van der Waals surface area contributed by atoms with Crippen LogP contribution in [0.25, 0.3) is 11.1 Å². The Bertz CT molecular complexity index is 1080. The van der Waals surface area contributed by atoms with Crippen LogP contribution in [0.4, 0.5) is 30.7 Å². The van der Waals surface area contributed by atoms with Crippen molar-refractivity contribution in [3.8, 4) is 28.7 Å². The molecule has 0 saturated carbocycles. The van der Waals surface area contributed by atoms with E-state index in [4.69, 9.17) is 0 Å². The van der Waals surface area contributed by atoms with Crippen molar-refractivity contribution in [2.24, 2.45) is 0 Å². The summed E-state index contributed by atoms with van der Waals surface area (Å²) in [5.74, 6) is -0.520. The van der Waals surface area contributed by atoms with Crippen molar-refractivity contribution in [3.05, 3.63) is 89.0 Å². The first-order valence-electron chi connectivity index (χ1n) is 7.95. The molecule has 8 heteroatoms. The predicted molar refractivity (Wildman–Crippen MR) is 90.8 cm³/mol. The highest BCUT2D eigenvalue weighted by molar-refractivity contribution is 5.65. The van der Waals surface area contributed by atoms with E-state index in [-0.39, 0.29) is 16.7 Å². The van der Waals surface area contributed by atoms with Gasteiger partial charge in [0.2, 0.25) is 0 Å². The maximum absolute atomic E-state index is 14.3. The fourth-order valence-corrected chi connectivity index (χ4v) is 2.42. The number of halogens is 7. The maximum Gasteiger partial charge on any atom is 0.573 e. The van der Waals surface area contributed by atoms with Crippen molar-refractivity contribution in [3.63, 3.8) is 0 Å². The molecule has 0 fully saturated rings. The SMILES string of the molecule is Fc1cc(C#Cc2ccc(OC(F)(F)F)cc2)ccc1-c1cc(F)c(F)c(F)c1. The smallest absolute Gasteiger partial charge is 0.406 e. The topological polar surface area (TPSA) is 9.23 Å². The van der Waals surface area contributed by atoms with E-state index < -0.39 is 35.4 Å². The van der Waals surface area contributed by atoms with Gasteiger partial charge >= 0.3 is 6.36 Å². The Kier molecular flexibility index (Phi) is 5.50. The van der Waals surface area contributed by atoms with Crippen LogP contribution in [0.15, 0.2) is 54.6 Å². The van der Waals surface area contributed by atoms with Crippen LogP contribution < -0.4 is 4.74 Å². The quantitative estimate of drug-likeness (QED) is 0.277. The highest BCUT2D eigenvalue weighted by Crippen LogP contribution is 2.27. The fraction of sp³-hybridized carbons (Fsp3) is 0.0476. The van der Waals surface area contributed by atoms with Gasteiger partial charge in [-0.25, -0.2) is 17.6 Å². The zero-order valence-electron chi connectivity index (χ0n) is 14.3. The highest BCUT2D eigenvalue weighted by Gasteiger charge is 2.30. The molecule has 0 amide bonds. The third-order valence-corrected chi connectivity index (χ3v) is 3.70. The Morgan fingerprint density at radius 3 is 1.76 bits per heavy atom. The first-order chi connectivity index (χ1) is 13.6. The third kappa shape index (κ3) is 5.08. The molecule has 0 spiro atoms. The van der Waals surface area contributed by atoms with Crippen LogP contribution >= 0.6 is 0 Å². The van der Waals surface area contributed by atoms with E-state index in [9.17, 15) is 30.7 Å². The zero-order chi connectivity index (χ0) is 21.2. The minimum absolute atomic E-state index is 0.151. The number of rotatable bonds is 2. The molecular formula is C21H9F7O. The Labute approximate surface area is 160 Å². The van der Waals surface area contributed by atoms with Gasteiger partial charge in [0.05, 0.1) is 0 Å². The van der Waals surface area contributed by atoms with Crippen molar-refractivity contribution in [1.29, 1.82) is 0 Å². The van der Waals surface area contributed by atoms with Gasteiger partial charge in [0.15, 0.2) is 17.5 Å². The average molecular weight is 410 g/mol. The Balaban J connectivity index is 1.82. The summed E-state index contributed by atoms with van der Waals surface area (Å²) in [5.41, 5.74) is 0.234. The second-order valence-electron chi connectivity index (χ2n) is 5.77. The molecule has 0 aliphatic rings. The van der Waals surface area contributed by atoms with Gasteiger partial charge in [0.1, 0.15) is 11.6 Å². The van der Waals surface area contributed by atoms with Crippen LogP contribution in [0, 0.1) is 35.1 Å². The number of hydrogen-bond acceptors (Lipinski definition) is 1. The summed E-state index contributed by atoms with van der Waals surface area (Å²) in [6.07, 6.45) is -4.80. The van der Waals surface area contributed by atoms with Crippen LogP contribution in [0.1, 0.15) is 11.1 Å². The normalized spacial score (nSPS) is 11.0. The van der Waals surface area contributed by atoms with Crippen LogP contribution in [0.3, 0.4) is 0 Å². The molecule has 0 radical (unpaired) electrons. The van der Waals surface area contributed by atoms with Gasteiger partial charge in [-0.05, 0) is 54.1 Å². The Morgan fingerprint density at radius 2 is 1.21 bits per heavy atom. The molecule has 3 aromatic rings. The van der Waals surface area contributed by atoms with Gasteiger partial charge in [-0.1, -0.05) is 17.9 Å². The lowest BCUT2D eigenvalue weighted by atomic mass is 10.0. The maximum atomic E-state index is 14.3. The second kappa shape index (κ2) is 7.87. The molecule has 0 aliphatic carbocycles. The van der Waals surface area contributed by atoms with Crippen LogP contribution in [-0.4, -0.2) is 6.36 Å². The van der Waals surface area contributed by atoms with E-state index in [2.05, 4.69) is 16.6 Å². The summed E-state index contributed by atoms with van der Waals surface area (Å²) < 4.78 is 94.1. The first kappa shape index (κ1) is 20.3. The van der Waals surface area contributed by atoms with Gasteiger partial charge in [0.25, 0.3) is 0 Å². The first-order valence-corrected chi connectivity index (χ1v) is 7.95. The summed E-state index contributed by atoms with van der Waals surface area (Å²) in [6.45, 7) is 0. The van der Waals surface area contributed by atoms with Gasteiger partial charge in [0, 0.05) is 16.7 Å². The largest absolute Gasteiger partial charge is 0.573 e. The zero-order valence-corrected chi connectivity index (χ0v) is 14.3. The monoisotopic (exact) mass is 410 g/mol. The number of alkyl halides is 3. The van der Waals surface area contributed by atoms with Crippen molar-refractivity contribution in [1.82, 2.24) is 0 Å². The van der Waals surface area contributed by atoms with E-state index in [0.29, 0.717) is 17.7 Å². The highest BCUT2D eigenvalue weighted by atomic mass is 19.4. The molecule has 1 nitrogen and oxygen atoms in total. The molecule has 29 heavy (non-hydrogen) atoms. The van der Waals surface area contributed by atoms with Crippen molar-refractivity contribution in [2.75, 3.05) is 0 Å². The summed E-state index contributed by atoms with van der Waals surface area (Å²) in [4.78, 5) is 0. The minimum Gasteiger partial charge on any atom is -0.406 e. The molecule has 0 unspecified atom stereocenters. The van der Waals surface area contributed by atoms with Crippen LogP contribution in [0.2, 0.25) is 0 Å². The van der Waals surface area contributed by atoms with E-state index in [1.807, 2.05) is 0 Å². The lowest BCUT2D eigenvalue weighted by molar-refractivity contribution is -0.274. The minimum atomic E-state index is -4.80. The Hall–Kier alpha value is -3.47. The van der Waals surface area contributed by atoms with Gasteiger partial charge in [-0.15, -0.1) is 13.2 Å².